The second-order valence-corrected chi connectivity index (χ2v) is 8.16. The van der Waals surface area contributed by atoms with Crippen LogP contribution in [-0.2, 0) is 17.9 Å². The third-order valence-corrected chi connectivity index (χ3v) is 6.11. The monoisotopic (exact) mass is 421 g/mol. The first-order valence-electron chi connectivity index (χ1n) is 9.60. The fourth-order valence-corrected chi connectivity index (χ4v) is 4.43. The zero-order valence-electron chi connectivity index (χ0n) is 17.4. The van der Waals surface area contributed by atoms with Gasteiger partial charge in [0.2, 0.25) is 0 Å². The topological polar surface area (TPSA) is 73.1 Å². The molecule has 1 amide bonds. The number of carbonyl (C=O) groups is 1. The molecule has 30 heavy (non-hydrogen) atoms. The normalized spacial score (nSPS) is 11.1. The van der Waals surface area contributed by atoms with Crippen molar-refractivity contribution in [2.45, 2.75) is 33.9 Å². The summed E-state index contributed by atoms with van der Waals surface area (Å²) in [7, 11) is 1.63. The molecule has 8 heteroatoms. The lowest BCUT2D eigenvalue weighted by molar-refractivity contribution is -0.119. The number of ether oxygens (including phenoxy) is 1. The van der Waals surface area contributed by atoms with Crippen LogP contribution in [0.5, 0.6) is 5.75 Å². The molecule has 3 aromatic heterocycles. The van der Waals surface area contributed by atoms with Gasteiger partial charge in [-0.2, -0.15) is 5.10 Å². The largest absolute Gasteiger partial charge is 0.494 e. The van der Waals surface area contributed by atoms with Crippen LogP contribution in [0.15, 0.2) is 42.7 Å². The zero-order valence-corrected chi connectivity index (χ0v) is 18.2. The quantitative estimate of drug-likeness (QED) is 0.469. The van der Waals surface area contributed by atoms with Gasteiger partial charge in [0.15, 0.2) is 5.13 Å². The Morgan fingerprint density at radius 3 is 2.73 bits per heavy atom. The molecule has 0 fully saturated rings. The molecule has 0 atom stereocenters. The second-order valence-electron chi connectivity index (χ2n) is 7.18. The number of fused-ring (bicyclic) bond motifs is 1. The Morgan fingerprint density at radius 2 is 2.07 bits per heavy atom. The number of carbonyl (C=O) groups excluding carboxylic acids is 1. The number of hydrogen-bond donors (Lipinski definition) is 0. The van der Waals surface area contributed by atoms with E-state index in [1.165, 1.54) is 11.3 Å². The van der Waals surface area contributed by atoms with E-state index < -0.39 is 0 Å². The van der Waals surface area contributed by atoms with Gasteiger partial charge in [0.1, 0.15) is 17.8 Å². The van der Waals surface area contributed by atoms with E-state index >= 15 is 0 Å². The number of thiazole rings is 1. The van der Waals surface area contributed by atoms with Crippen molar-refractivity contribution in [3.05, 3.63) is 65.2 Å². The summed E-state index contributed by atoms with van der Waals surface area (Å²) >= 11 is 1.49. The summed E-state index contributed by atoms with van der Waals surface area (Å²) in [5.41, 5.74) is 4.64. The fraction of sp³-hybridized carbons (Fsp3) is 0.273. The highest BCUT2D eigenvalue weighted by atomic mass is 32.1. The van der Waals surface area contributed by atoms with Crippen molar-refractivity contribution in [1.82, 2.24) is 19.7 Å². The molecule has 0 aliphatic heterocycles. The van der Waals surface area contributed by atoms with Gasteiger partial charge in [0, 0.05) is 18.1 Å². The molecule has 0 N–H and O–H groups in total. The van der Waals surface area contributed by atoms with Crippen LogP contribution in [0.1, 0.15) is 22.5 Å². The smallest absolute Gasteiger partial charge is 0.250 e. The van der Waals surface area contributed by atoms with Gasteiger partial charge >= 0.3 is 0 Å². The highest BCUT2D eigenvalue weighted by Crippen LogP contribution is 2.37. The van der Waals surface area contributed by atoms with Gasteiger partial charge in [0.05, 0.1) is 24.0 Å². The number of anilines is 1. The third kappa shape index (κ3) is 3.91. The second kappa shape index (κ2) is 8.23. The maximum Gasteiger partial charge on any atom is 0.250 e. The maximum absolute atomic E-state index is 13.4. The summed E-state index contributed by atoms with van der Waals surface area (Å²) in [5.74, 6) is 0.617. The SMILES string of the molecule is COc1ccc(C)c2sc(N(Cc3cccnc3)C(=O)Cn3nc(C)cc3C)nc12. The van der Waals surface area contributed by atoms with Crippen molar-refractivity contribution in [2.24, 2.45) is 0 Å². The molecule has 4 rings (SSSR count). The molecule has 0 unspecified atom stereocenters. The Labute approximate surface area is 179 Å². The highest BCUT2D eigenvalue weighted by molar-refractivity contribution is 7.22. The number of nitrogens with zero attached hydrogens (tertiary/aromatic N) is 5. The number of rotatable bonds is 6. The zero-order chi connectivity index (χ0) is 21.3. The predicted molar refractivity (Wildman–Crippen MR) is 118 cm³/mol. The minimum absolute atomic E-state index is 0.0827. The van der Waals surface area contributed by atoms with Crippen molar-refractivity contribution in [3.8, 4) is 5.75 Å². The standard InChI is InChI=1S/C22H23N5O2S/c1-14-7-8-18(29-4)20-21(14)30-22(24-20)26(12-17-6-5-9-23-11-17)19(28)13-27-16(3)10-15(2)25-27/h5-11H,12-13H2,1-4H3. The molecule has 4 aromatic rings. The first-order chi connectivity index (χ1) is 14.5. The van der Waals surface area contributed by atoms with Gasteiger partial charge in [-0.1, -0.05) is 23.5 Å². The summed E-state index contributed by atoms with van der Waals surface area (Å²) in [6.45, 7) is 6.43. The van der Waals surface area contributed by atoms with E-state index in [2.05, 4.69) is 10.1 Å². The van der Waals surface area contributed by atoms with E-state index in [9.17, 15) is 4.79 Å². The number of hydrogen-bond acceptors (Lipinski definition) is 6. The van der Waals surface area contributed by atoms with Crippen molar-refractivity contribution < 1.29 is 9.53 Å². The molecule has 0 spiro atoms. The first kappa shape index (κ1) is 20.0. The molecule has 0 aliphatic rings. The maximum atomic E-state index is 13.4. The lowest BCUT2D eigenvalue weighted by Gasteiger charge is -2.20. The Balaban J connectivity index is 1.75. The lowest BCUT2D eigenvalue weighted by atomic mass is 10.2. The van der Waals surface area contributed by atoms with Crippen LogP contribution in [-0.4, -0.2) is 32.8 Å². The first-order valence-corrected chi connectivity index (χ1v) is 10.4. The molecular formula is C22H23N5O2S. The summed E-state index contributed by atoms with van der Waals surface area (Å²) in [6.07, 6.45) is 3.49. The van der Waals surface area contributed by atoms with Crippen LogP contribution in [0.3, 0.4) is 0 Å². The summed E-state index contributed by atoms with van der Waals surface area (Å²) in [5, 5.41) is 5.07. The van der Waals surface area contributed by atoms with Crippen LogP contribution in [0.4, 0.5) is 5.13 Å². The number of benzene rings is 1. The van der Waals surface area contributed by atoms with Crippen molar-refractivity contribution in [2.75, 3.05) is 12.0 Å². The van der Waals surface area contributed by atoms with Crippen LogP contribution in [0.25, 0.3) is 10.2 Å². The van der Waals surface area contributed by atoms with E-state index in [0.717, 1.165) is 32.7 Å². The van der Waals surface area contributed by atoms with Crippen LogP contribution in [0.2, 0.25) is 0 Å². The Morgan fingerprint density at radius 1 is 1.23 bits per heavy atom. The van der Waals surface area contributed by atoms with Crippen molar-refractivity contribution in [1.29, 1.82) is 0 Å². The molecular weight excluding hydrogens is 398 g/mol. The minimum atomic E-state index is -0.0827. The van der Waals surface area contributed by atoms with Crippen LogP contribution in [0, 0.1) is 20.8 Å². The van der Waals surface area contributed by atoms with E-state index in [1.807, 2.05) is 51.1 Å². The van der Waals surface area contributed by atoms with Gasteiger partial charge in [-0.3, -0.25) is 19.4 Å². The Kier molecular flexibility index (Phi) is 5.50. The molecule has 154 valence electrons. The molecule has 0 aliphatic carbocycles. The summed E-state index contributed by atoms with van der Waals surface area (Å²) in [6, 6.07) is 9.70. The van der Waals surface area contributed by atoms with E-state index in [-0.39, 0.29) is 12.5 Å². The van der Waals surface area contributed by atoms with Crippen LogP contribution >= 0.6 is 11.3 Å². The fourth-order valence-electron chi connectivity index (χ4n) is 3.36. The molecule has 0 saturated heterocycles. The molecule has 0 saturated carbocycles. The van der Waals surface area contributed by atoms with Gasteiger partial charge in [-0.05, 0) is 50.1 Å². The van der Waals surface area contributed by atoms with Crippen molar-refractivity contribution in [3.63, 3.8) is 0 Å². The van der Waals surface area contributed by atoms with Crippen molar-refractivity contribution >= 4 is 32.6 Å². The molecule has 0 radical (unpaired) electrons. The van der Waals surface area contributed by atoms with Crippen LogP contribution < -0.4 is 9.64 Å². The van der Waals surface area contributed by atoms with E-state index in [1.54, 1.807) is 29.1 Å². The third-order valence-electron chi connectivity index (χ3n) is 4.90. The lowest BCUT2D eigenvalue weighted by Crippen LogP contribution is -2.34. The number of aryl methyl sites for hydroxylation is 3. The Hall–Kier alpha value is -3.26. The Bertz CT molecular complexity index is 1200. The highest BCUT2D eigenvalue weighted by Gasteiger charge is 2.23. The number of aromatic nitrogens is 4. The van der Waals surface area contributed by atoms with Gasteiger partial charge in [-0.25, -0.2) is 4.98 Å². The van der Waals surface area contributed by atoms with E-state index in [0.29, 0.717) is 17.4 Å². The average Bonchev–Trinajstić information content (AvgIpc) is 3.31. The molecule has 1 aromatic carbocycles. The summed E-state index contributed by atoms with van der Waals surface area (Å²) < 4.78 is 8.23. The average molecular weight is 422 g/mol. The molecule has 3 heterocycles. The van der Waals surface area contributed by atoms with Gasteiger partial charge < -0.3 is 4.74 Å². The van der Waals surface area contributed by atoms with Gasteiger partial charge in [0.25, 0.3) is 5.91 Å². The van der Waals surface area contributed by atoms with Gasteiger partial charge in [-0.15, -0.1) is 0 Å². The minimum Gasteiger partial charge on any atom is -0.494 e. The predicted octanol–water partition coefficient (Wildman–Crippen LogP) is 4.06. The summed E-state index contributed by atoms with van der Waals surface area (Å²) in [4.78, 5) is 24.0. The molecule has 7 nitrogen and oxygen atoms in total. The number of amides is 1. The molecule has 0 bridgehead atoms. The number of methoxy groups -OCH3 is 1. The number of pyridine rings is 1. The van der Waals surface area contributed by atoms with E-state index in [4.69, 9.17) is 9.72 Å².